The second-order valence-corrected chi connectivity index (χ2v) is 9.92. The van der Waals surface area contributed by atoms with Crippen molar-refractivity contribution in [3.05, 3.63) is 47.5 Å². The van der Waals surface area contributed by atoms with Crippen LogP contribution in [0.5, 0.6) is 0 Å². The summed E-state index contributed by atoms with van der Waals surface area (Å²) in [5.74, 6) is -0.0851. The van der Waals surface area contributed by atoms with Crippen LogP contribution in [0.2, 0.25) is 0 Å². The SMILES string of the molecule is CCc1cccc(C)c1NS(=O)(=O)c1ccc2c(c1)N(C(C)=O)CC(C)S2. The number of fused-ring (bicyclic) bond motifs is 1. The Morgan fingerprint density at radius 1 is 1.30 bits per heavy atom. The zero-order chi connectivity index (χ0) is 19.8. The molecule has 27 heavy (non-hydrogen) atoms. The van der Waals surface area contributed by atoms with E-state index >= 15 is 0 Å². The Bertz CT molecular complexity index is 987. The first-order chi connectivity index (χ1) is 12.7. The molecular weight excluding hydrogens is 380 g/mol. The highest BCUT2D eigenvalue weighted by atomic mass is 32.2. The lowest BCUT2D eigenvalue weighted by atomic mass is 10.1. The predicted octanol–water partition coefficient (Wildman–Crippen LogP) is 4.21. The third-order valence-electron chi connectivity index (χ3n) is 4.66. The van der Waals surface area contributed by atoms with Gasteiger partial charge in [-0.2, -0.15) is 0 Å². The monoisotopic (exact) mass is 404 g/mol. The van der Waals surface area contributed by atoms with Crippen LogP contribution in [-0.2, 0) is 21.2 Å². The number of rotatable bonds is 4. The van der Waals surface area contributed by atoms with Gasteiger partial charge in [0.2, 0.25) is 5.91 Å². The largest absolute Gasteiger partial charge is 0.310 e. The van der Waals surface area contributed by atoms with Crippen molar-refractivity contribution in [1.82, 2.24) is 0 Å². The number of thioether (sulfide) groups is 1. The Hall–Kier alpha value is -1.99. The Balaban J connectivity index is 2.02. The standard InChI is InChI=1S/C20H24N2O3S2/c1-5-16-8-6-7-13(2)20(16)21-27(24,25)17-9-10-19-18(11-17)22(15(4)23)12-14(3)26-19/h6-11,14,21H,5,12H2,1-4H3. The summed E-state index contributed by atoms with van der Waals surface area (Å²) in [7, 11) is -3.76. The zero-order valence-electron chi connectivity index (χ0n) is 15.9. The molecule has 0 aromatic heterocycles. The Kier molecular flexibility index (Phi) is 5.53. The Morgan fingerprint density at radius 3 is 2.70 bits per heavy atom. The van der Waals surface area contributed by atoms with Gasteiger partial charge in [-0.15, -0.1) is 11.8 Å². The molecule has 7 heteroatoms. The van der Waals surface area contributed by atoms with Gasteiger partial charge in [-0.1, -0.05) is 32.0 Å². The van der Waals surface area contributed by atoms with Crippen LogP contribution in [0.3, 0.4) is 0 Å². The first-order valence-corrected chi connectivity index (χ1v) is 11.3. The molecule has 1 unspecified atom stereocenters. The molecule has 0 aliphatic carbocycles. The molecule has 1 aliphatic heterocycles. The van der Waals surface area contributed by atoms with Gasteiger partial charge in [-0.3, -0.25) is 9.52 Å². The topological polar surface area (TPSA) is 66.5 Å². The first-order valence-electron chi connectivity index (χ1n) is 8.93. The van der Waals surface area contributed by atoms with Gasteiger partial charge >= 0.3 is 0 Å². The molecule has 144 valence electrons. The van der Waals surface area contributed by atoms with Gasteiger partial charge in [0.25, 0.3) is 10.0 Å². The molecule has 0 radical (unpaired) electrons. The van der Waals surface area contributed by atoms with E-state index in [9.17, 15) is 13.2 Å². The molecule has 2 aromatic carbocycles. The molecule has 0 saturated heterocycles. The first kappa shape index (κ1) is 19.8. The fourth-order valence-electron chi connectivity index (χ4n) is 3.25. The number of sulfonamides is 1. The number of carbonyl (C=O) groups is 1. The van der Waals surface area contributed by atoms with Gasteiger partial charge in [0.15, 0.2) is 0 Å². The van der Waals surface area contributed by atoms with Crippen molar-refractivity contribution in [3.63, 3.8) is 0 Å². The lowest BCUT2D eigenvalue weighted by Crippen LogP contribution is -2.37. The van der Waals surface area contributed by atoms with Crippen LogP contribution in [0.25, 0.3) is 0 Å². The highest BCUT2D eigenvalue weighted by Crippen LogP contribution is 2.40. The third-order valence-corrected chi connectivity index (χ3v) is 7.15. The second kappa shape index (κ2) is 7.56. The summed E-state index contributed by atoms with van der Waals surface area (Å²) in [6.07, 6.45) is 0.733. The summed E-state index contributed by atoms with van der Waals surface area (Å²) < 4.78 is 28.8. The van der Waals surface area contributed by atoms with Crippen LogP contribution in [0.15, 0.2) is 46.2 Å². The van der Waals surface area contributed by atoms with Gasteiger partial charge in [-0.05, 0) is 42.7 Å². The minimum atomic E-state index is -3.76. The molecule has 0 fully saturated rings. The maximum atomic E-state index is 13.0. The number of nitrogens with one attached hydrogen (secondary N) is 1. The number of para-hydroxylation sites is 1. The van der Waals surface area contributed by atoms with E-state index in [2.05, 4.69) is 11.6 Å². The van der Waals surface area contributed by atoms with Gasteiger partial charge < -0.3 is 4.90 Å². The van der Waals surface area contributed by atoms with Crippen molar-refractivity contribution in [2.24, 2.45) is 0 Å². The lowest BCUT2D eigenvalue weighted by molar-refractivity contribution is -0.116. The van der Waals surface area contributed by atoms with Crippen molar-refractivity contribution >= 4 is 39.1 Å². The molecule has 0 bridgehead atoms. The smallest absolute Gasteiger partial charge is 0.261 e. The van der Waals surface area contributed by atoms with Gasteiger partial charge in [0.05, 0.1) is 16.3 Å². The normalized spacial score (nSPS) is 16.7. The molecule has 0 spiro atoms. The van der Waals surface area contributed by atoms with E-state index in [4.69, 9.17) is 0 Å². The minimum absolute atomic E-state index is 0.0851. The van der Waals surface area contributed by atoms with Gasteiger partial charge in [0.1, 0.15) is 0 Å². The van der Waals surface area contributed by atoms with Crippen molar-refractivity contribution in [3.8, 4) is 0 Å². The second-order valence-electron chi connectivity index (χ2n) is 6.76. The molecule has 1 atom stereocenters. The third kappa shape index (κ3) is 3.99. The summed E-state index contributed by atoms with van der Waals surface area (Å²) >= 11 is 1.66. The highest BCUT2D eigenvalue weighted by Gasteiger charge is 2.27. The number of benzene rings is 2. The number of hydrogen-bond acceptors (Lipinski definition) is 4. The molecular formula is C20H24N2O3S2. The minimum Gasteiger partial charge on any atom is -0.310 e. The average Bonchev–Trinajstić information content (AvgIpc) is 2.62. The fourth-order valence-corrected chi connectivity index (χ4v) is 5.53. The van der Waals surface area contributed by atoms with Crippen LogP contribution >= 0.6 is 11.8 Å². The van der Waals surface area contributed by atoms with Crippen LogP contribution in [0, 0.1) is 6.92 Å². The molecule has 3 rings (SSSR count). The van der Waals surface area contributed by atoms with E-state index in [1.165, 1.54) is 6.92 Å². The summed E-state index contributed by atoms with van der Waals surface area (Å²) in [4.78, 5) is 14.8. The number of aryl methyl sites for hydroxylation is 2. The summed E-state index contributed by atoms with van der Waals surface area (Å²) in [6, 6.07) is 10.7. The summed E-state index contributed by atoms with van der Waals surface area (Å²) in [6.45, 7) is 8.02. The van der Waals surface area contributed by atoms with Crippen molar-refractivity contribution < 1.29 is 13.2 Å². The molecule has 0 saturated carbocycles. The van der Waals surface area contributed by atoms with Crippen molar-refractivity contribution in [2.45, 2.75) is 49.2 Å². The van der Waals surface area contributed by atoms with E-state index in [1.807, 2.05) is 32.0 Å². The summed E-state index contributed by atoms with van der Waals surface area (Å²) in [5.41, 5.74) is 3.12. The van der Waals surface area contributed by atoms with E-state index in [0.29, 0.717) is 17.9 Å². The number of anilines is 2. The zero-order valence-corrected chi connectivity index (χ0v) is 17.6. The Morgan fingerprint density at radius 2 is 2.04 bits per heavy atom. The molecule has 1 heterocycles. The summed E-state index contributed by atoms with van der Waals surface area (Å²) in [5, 5.41) is 0.265. The molecule has 1 N–H and O–H groups in total. The Labute approximate surface area is 165 Å². The molecule has 1 amide bonds. The van der Waals surface area contributed by atoms with Crippen LogP contribution < -0.4 is 9.62 Å². The van der Waals surface area contributed by atoms with Gasteiger partial charge in [0, 0.05) is 23.6 Å². The predicted molar refractivity (Wildman–Crippen MR) is 111 cm³/mol. The maximum Gasteiger partial charge on any atom is 0.261 e. The van der Waals surface area contributed by atoms with Crippen LogP contribution in [0.4, 0.5) is 11.4 Å². The number of amides is 1. The quantitative estimate of drug-likeness (QED) is 0.829. The van der Waals surface area contributed by atoms with E-state index in [1.54, 1.807) is 34.9 Å². The van der Waals surface area contributed by atoms with Gasteiger partial charge in [-0.25, -0.2) is 8.42 Å². The van der Waals surface area contributed by atoms with Crippen LogP contribution in [0.1, 0.15) is 31.9 Å². The highest BCUT2D eigenvalue weighted by molar-refractivity contribution is 8.00. The fraction of sp³-hybridized carbons (Fsp3) is 0.350. The van der Waals surface area contributed by atoms with E-state index in [0.717, 1.165) is 22.4 Å². The van der Waals surface area contributed by atoms with Crippen molar-refractivity contribution in [2.75, 3.05) is 16.2 Å². The molecule has 1 aliphatic rings. The number of hydrogen-bond donors (Lipinski definition) is 1. The molecule has 5 nitrogen and oxygen atoms in total. The molecule has 2 aromatic rings. The maximum absolute atomic E-state index is 13.0. The van der Waals surface area contributed by atoms with Crippen molar-refractivity contribution in [1.29, 1.82) is 0 Å². The lowest BCUT2D eigenvalue weighted by Gasteiger charge is -2.32. The van der Waals surface area contributed by atoms with E-state index < -0.39 is 10.0 Å². The van der Waals surface area contributed by atoms with E-state index in [-0.39, 0.29) is 16.1 Å². The average molecular weight is 405 g/mol. The van der Waals surface area contributed by atoms with Crippen LogP contribution in [-0.4, -0.2) is 26.1 Å². The number of carbonyl (C=O) groups excluding carboxylic acids is 1. The number of nitrogens with zero attached hydrogens (tertiary/aromatic N) is 1.